The molecule has 4 atom stereocenters. The molecule has 0 spiro atoms. The lowest BCUT2D eigenvalue weighted by Gasteiger charge is -2.26. The summed E-state index contributed by atoms with van der Waals surface area (Å²) < 4.78 is 6.84. The van der Waals surface area contributed by atoms with Gasteiger partial charge in [-0.15, -0.1) is 0 Å². The Hall–Kier alpha value is -1.85. The first-order chi connectivity index (χ1) is 10.4. The summed E-state index contributed by atoms with van der Waals surface area (Å²) in [7, 11) is 0. The van der Waals surface area contributed by atoms with E-state index < -0.39 is 30.6 Å². The number of nitrogens with zero attached hydrogens (tertiary/aromatic N) is 4. The molecule has 10 nitrogen and oxygen atoms in total. The van der Waals surface area contributed by atoms with Gasteiger partial charge in [-0.2, -0.15) is 5.10 Å². The van der Waals surface area contributed by atoms with E-state index in [2.05, 4.69) is 15.1 Å². The van der Waals surface area contributed by atoms with E-state index in [1.54, 1.807) is 6.92 Å². The second-order valence-corrected chi connectivity index (χ2v) is 5.44. The fraction of sp³-hybridized carbons (Fsp3) is 0.583. The van der Waals surface area contributed by atoms with Crippen LogP contribution in [0.5, 0.6) is 0 Å². The minimum absolute atomic E-state index is 0.172. The average Bonchev–Trinajstić information content (AvgIpc) is 2.95. The number of aryl methyl sites for hydroxylation is 1. The number of hydrogen-bond donors (Lipinski definition) is 5. The maximum absolute atomic E-state index is 10.5. The Morgan fingerprint density at radius 2 is 2.18 bits per heavy atom. The summed E-state index contributed by atoms with van der Waals surface area (Å²) in [6, 6.07) is 0. The van der Waals surface area contributed by atoms with Crippen molar-refractivity contribution >= 4 is 16.9 Å². The lowest BCUT2D eigenvalue weighted by atomic mass is 9.97. The molecule has 0 saturated carbocycles. The van der Waals surface area contributed by atoms with Crippen molar-refractivity contribution < 1.29 is 25.3 Å². The monoisotopic (exact) mass is 311 g/mol. The Kier molecular flexibility index (Phi) is 3.50. The van der Waals surface area contributed by atoms with Gasteiger partial charge in [0.2, 0.25) is 0 Å². The Morgan fingerprint density at radius 3 is 2.77 bits per heavy atom. The topological polar surface area (TPSA) is 146 Å². The summed E-state index contributed by atoms with van der Waals surface area (Å²) in [5.41, 5.74) is 1.12. The third kappa shape index (κ3) is 1.96. The minimum Gasteiger partial charge on any atom is -0.394 e. The predicted molar refractivity (Wildman–Crippen MR) is 73.1 cm³/mol. The highest BCUT2D eigenvalue weighted by Crippen LogP contribution is 2.39. The van der Waals surface area contributed by atoms with Crippen molar-refractivity contribution in [1.29, 1.82) is 0 Å². The normalized spacial score (nSPS) is 31.8. The first-order valence-electron chi connectivity index (χ1n) is 6.68. The quantitative estimate of drug-likeness (QED) is 0.447. The molecule has 0 bridgehead atoms. The van der Waals surface area contributed by atoms with Crippen molar-refractivity contribution in [2.75, 3.05) is 12.1 Å². The second-order valence-electron chi connectivity index (χ2n) is 5.44. The molecule has 1 fully saturated rings. The van der Waals surface area contributed by atoms with Gasteiger partial charge in [-0.05, 0) is 13.8 Å². The Bertz CT molecular complexity index is 703. The number of nitrogens with one attached hydrogen (secondary N) is 1. The number of ether oxygens (including phenoxy) is 1. The zero-order chi connectivity index (χ0) is 16.1. The molecule has 22 heavy (non-hydrogen) atoms. The van der Waals surface area contributed by atoms with Crippen LogP contribution in [0.25, 0.3) is 11.0 Å². The molecule has 0 amide bonds. The molecule has 1 aliphatic heterocycles. The van der Waals surface area contributed by atoms with Crippen LogP contribution in [0.4, 0.5) is 5.82 Å². The SMILES string of the molecule is Cc1nn([C@@H]2O[C@H](CO)[C@@H](O)[C@@]2(C)O)c2ncnc(NO)c12. The van der Waals surface area contributed by atoms with Crippen LogP contribution >= 0.6 is 0 Å². The summed E-state index contributed by atoms with van der Waals surface area (Å²) in [5, 5.41) is 43.7. The molecule has 10 heteroatoms. The van der Waals surface area contributed by atoms with Gasteiger partial charge >= 0.3 is 0 Å². The van der Waals surface area contributed by atoms with Crippen LogP contribution in [0.1, 0.15) is 18.8 Å². The van der Waals surface area contributed by atoms with Crippen LogP contribution in [-0.4, -0.2) is 64.7 Å². The van der Waals surface area contributed by atoms with Crippen molar-refractivity contribution in [3.63, 3.8) is 0 Å². The average molecular weight is 311 g/mol. The fourth-order valence-corrected chi connectivity index (χ4v) is 2.74. The van der Waals surface area contributed by atoms with Crippen LogP contribution in [0.15, 0.2) is 6.33 Å². The van der Waals surface area contributed by atoms with Crippen LogP contribution in [-0.2, 0) is 4.74 Å². The molecule has 1 aliphatic rings. The second kappa shape index (κ2) is 5.11. The van der Waals surface area contributed by atoms with E-state index in [-0.39, 0.29) is 5.82 Å². The summed E-state index contributed by atoms with van der Waals surface area (Å²) in [6.07, 6.45) is -2.03. The number of aromatic nitrogens is 4. The molecular weight excluding hydrogens is 294 g/mol. The largest absolute Gasteiger partial charge is 0.394 e. The van der Waals surface area contributed by atoms with Gasteiger partial charge in [-0.25, -0.2) is 14.6 Å². The summed E-state index contributed by atoms with van der Waals surface area (Å²) >= 11 is 0. The Labute approximate surface area is 125 Å². The number of aliphatic hydroxyl groups excluding tert-OH is 2. The lowest BCUT2D eigenvalue weighted by Crippen LogP contribution is -2.44. The van der Waals surface area contributed by atoms with E-state index in [1.807, 2.05) is 5.48 Å². The predicted octanol–water partition coefficient (Wildman–Crippen LogP) is -1.06. The first kappa shape index (κ1) is 15.1. The molecule has 0 aromatic carbocycles. The van der Waals surface area contributed by atoms with E-state index in [0.29, 0.717) is 16.7 Å². The van der Waals surface area contributed by atoms with Gasteiger partial charge in [0.15, 0.2) is 17.7 Å². The molecule has 2 aromatic heterocycles. The zero-order valence-electron chi connectivity index (χ0n) is 12.0. The molecule has 0 aliphatic carbocycles. The van der Waals surface area contributed by atoms with Gasteiger partial charge in [0.25, 0.3) is 0 Å². The van der Waals surface area contributed by atoms with E-state index in [4.69, 9.17) is 9.94 Å². The first-order valence-corrected chi connectivity index (χ1v) is 6.68. The smallest absolute Gasteiger partial charge is 0.183 e. The molecule has 2 aromatic rings. The molecule has 5 N–H and O–H groups in total. The minimum atomic E-state index is -1.67. The maximum atomic E-state index is 10.5. The van der Waals surface area contributed by atoms with Gasteiger partial charge in [0.1, 0.15) is 24.1 Å². The number of fused-ring (bicyclic) bond motifs is 1. The van der Waals surface area contributed by atoms with Crippen LogP contribution in [0, 0.1) is 6.92 Å². The van der Waals surface area contributed by atoms with Crippen molar-refractivity contribution in [2.24, 2.45) is 0 Å². The number of hydrogen-bond acceptors (Lipinski definition) is 9. The van der Waals surface area contributed by atoms with Gasteiger partial charge in [0.05, 0.1) is 17.7 Å². The Balaban J connectivity index is 2.15. The highest BCUT2D eigenvalue weighted by Gasteiger charge is 2.53. The van der Waals surface area contributed by atoms with E-state index >= 15 is 0 Å². The molecular formula is C12H17N5O5. The van der Waals surface area contributed by atoms with Crippen LogP contribution in [0.2, 0.25) is 0 Å². The van der Waals surface area contributed by atoms with Crippen LogP contribution < -0.4 is 5.48 Å². The molecule has 1 saturated heterocycles. The summed E-state index contributed by atoms with van der Waals surface area (Å²) in [4.78, 5) is 7.99. The standard InChI is InChI=1S/C12H17N5O5/c1-5-7-9(16-21)13-4-14-10(7)17(15-5)11-12(2,20)8(19)6(3-18)22-11/h4,6,8,11,18-21H,3H2,1-2H3,(H,13,14,16)/t6-,8-,11-,12-/m1/s1. The molecule has 0 radical (unpaired) electrons. The maximum Gasteiger partial charge on any atom is 0.183 e. The number of anilines is 1. The van der Waals surface area contributed by atoms with Crippen molar-refractivity contribution in [1.82, 2.24) is 19.7 Å². The number of rotatable bonds is 3. The van der Waals surface area contributed by atoms with Crippen LogP contribution in [0.3, 0.4) is 0 Å². The van der Waals surface area contributed by atoms with Gasteiger partial charge in [-0.3, -0.25) is 10.7 Å². The highest BCUT2D eigenvalue weighted by atomic mass is 16.6. The van der Waals surface area contributed by atoms with Crippen molar-refractivity contribution in [3.8, 4) is 0 Å². The molecule has 3 heterocycles. The molecule has 120 valence electrons. The van der Waals surface area contributed by atoms with E-state index in [9.17, 15) is 15.3 Å². The number of aliphatic hydroxyl groups is 3. The third-order valence-electron chi connectivity index (χ3n) is 3.93. The fourth-order valence-electron chi connectivity index (χ4n) is 2.74. The summed E-state index contributed by atoms with van der Waals surface area (Å²) in [5.74, 6) is 0.172. The van der Waals surface area contributed by atoms with E-state index in [1.165, 1.54) is 17.9 Å². The highest BCUT2D eigenvalue weighted by molar-refractivity contribution is 5.88. The van der Waals surface area contributed by atoms with Gasteiger partial charge in [-0.1, -0.05) is 0 Å². The van der Waals surface area contributed by atoms with E-state index in [0.717, 1.165) is 0 Å². The lowest BCUT2D eigenvalue weighted by molar-refractivity contribution is -0.100. The zero-order valence-corrected chi connectivity index (χ0v) is 12.0. The van der Waals surface area contributed by atoms with Gasteiger partial charge < -0.3 is 20.1 Å². The molecule has 0 unspecified atom stereocenters. The summed E-state index contributed by atoms with van der Waals surface area (Å²) in [6.45, 7) is 2.64. The Morgan fingerprint density at radius 1 is 1.45 bits per heavy atom. The van der Waals surface area contributed by atoms with Gasteiger partial charge in [0, 0.05) is 0 Å². The third-order valence-corrected chi connectivity index (χ3v) is 3.93. The van der Waals surface area contributed by atoms with Crippen molar-refractivity contribution in [2.45, 2.75) is 37.9 Å². The molecule has 3 rings (SSSR count). The van der Waals surface area contributed by atoms with Crippen molar-refractivity contribution in [3.05, 3.63) is 12.0 Å².